The minimum absolute atomic E-state index is 0.0600. The molecule has 1 saturated heterocycles. The largest absolute Gasteiger partial charge is 0.379 e. The van der Waals surface area contributed by atoms with E-state index < -0.39 is 0 Å². The Balaban J connectivity index is 1.36. The third-order valence-electron chi connectivity index (χ3n) is 6.57. The lowest BCUT2D eigenvalue weighted by molar-refractivity contribution is -0.0379. The van der Waals surface area contributed by atoms with Crippen LogP contribution in [0.3, 0.4) is 0 Å². The van der Waals surface area contributed by atoms with Crippen LogP contribution < -0.4 is 10.2 Å². The summed E-state index contributed by atoms with van der Waals surface area (Å²) in [4.78, 5) is 23.2. The average molecular weight is 429 g/mol. The minimum atomic E-state index is -0.221. The van der Waals surface area contributed by atoms with Crippen molar-refractivity contribution < 1.29 is 9.53 Å². The van der Waals surface area contributed by atoms with E-state index in [1.54, 1.807) is 6.20 Å². The number of amides is 1. The van der Waals surface area contributed by atoms with Crippen LogP contribution in [0.4, 0.5) is 5.69 Å². The molecule has 3 aromatic rings. The van der Waals surface area contributed by atoms with E-state index >= 15 is 0 Å². The topological polar surface area (TPSA) is 67.4 Å². The zero-order chi connectivity index (χ0) is 22.1. The van der Waals surface area contributed by atoms with Crippen molar-refractivity contribution in [2.75, 3.05) is 31.2 Å². The summed E-state index contributed by atoms with van der Waals surface area (Å²) in [6.45, 7) is 7.58. The molecule has 164 valence electrons. The molecule has 32 heavy (non-hydrogen) atoms. The van der Waals surface area contributed by atoms with Gasteiger partial charge < -0.3 is 15.0 Å². The number of nitrogens with one attached hydrogen (secondary N) is 1. The van der Waals surface area contributed by atoms with Crippen molar-refractivity contribution in [1.82, 2.24) is 15.3 Å². The smallest absolute Gasteiger partial charge is 0.289 e. The molecule has 1 N–H and O–H groups in total. The summed E-state index contributed by atoms with van der Waals surface area (Å²) in [5.41, 5.74) is 7.02. The Morgan fingerprint density at radius 1 is 1.09 bits per heavy atom. The molecule has 2 aliphatic heterocycles. The van der Waals surface area contributed by atoms with Crippen molar-refractivity contribution in [3.05, 3.63) is 88.5 Å². The highest BCUT2D eigenvalue weighted by molar-refractivity contribution is 5.90. The summed E-state index contributed by atoms with van der Waals surface area (Å²) in [7, 11) is 0. The van der Waals surface area contributed by atoms with Crippen LogP contribution in [0.1, 0.15) is 45.5 Å². The van der Waals surface area contributed by atoms with Crippen molar-refractivity contribution in [1.29, 1.82) is 0 Å². The zero-order valence-corrected chi connectivity index (χ0v) is 18.6. The SMILES string of the molecule is CCNC(=O)c1ncc2c(n1)CN(c1ccc(C3(c4ccc(C)cc4)COC3)cc1)CC2. The third kappa shape index (κ3) is 3.65. The Hall–Kier alpha value is -3.25. The van der Waals surface area contributed by atoms with Crippen LogP contribution in [0, 0.1) is 6.92 Å². The molecule has 0 aliphatic carbocycles. The monoisotopic (exact) mass is 428 g/mol. The van der Waals surface area contributed by atoms with Gasteiger partial charge in [-0.25, -0.2) is 9.97 Å². The highest BCUT2D eigenvalue weighted by atomic mass is 16.5. The van der Waals surface area contributed by atoms with Crippen LogP contribution >= 0.6 is 0 Å². The van der Waals surface area contributed by atoms with E-state index in [1.807, 2.05) is 6.92 Å². The Morgan fingerprint density at radius 3 is 2.41 bits per heavy atom. The van der Waals surface area contributed by atoms with E-state index in [-0.39, 0.29) is 17.1 Å². The highest BCUT2D eigenvalue weighted by Crippen LogP contribution is 2.40. The maximum Gasteiger partial charge on any atom is 0.289 e. The summed E-state index contributed by atoms with van der Waals surface area (Å²) in [5, 5.41) is 2.77. The lowest BCUT2D eigenvalue weighted by Gasteiger charge is -2.43. The number of fused-ring (bicyclic) bond motifs is 1. The molecule has 0 saturated carbocycles. The Labute approximate surface area is 188 Å². The number of hydrogen-bond acceptors (Lipinski definition) is 5. The van der Waals surface area contributed by atoms with Crippen molar-refractivity contribution in [3.63, 3.8) is 0 Å². The van der Waals surface area contributed by atoms with Gasteiger partial charge in [0.2, 0.25) is 5.82 Å². The number of nitrogens with zero attached hydrogens (tertiary/aromatic N) is 3. The van der Waals surface area contributed by atoms with E-state index in [0.29, 0.717) is 26.3 Å². The van der Waals surface area contributed by atoms with Gasteiger partial charge in [-0.05, 0) is 49.1 Å². The molecule has 1 amide bonds. The van der Waals surface area contributed by atoms with E-state index in [2.05, 4.69) is 75.6 Å². The fourth-order valence-electron chi connectivity index (χ4n) is 4.54. The number of aryl methyl sites for hydroxylation is 1. The Bertz CT molecular complexity index is 1120. The Morgan fingerprint density at radius 2 is 1.78 bits per heavy atom. The minimum Gasteiger partial charge on any atom is -0.379 e. The normalized spacial score (nSPS) is 16.8. The maximum atomic E-state index is 12.1. The molecule has 0 unspecified atom stereocenters. The number of anilines is 1. The van der Waals surface area contributed by atoms with Gasteiger partial charge >= 0.3 is 0 Å². The van der Waals surface area contributed by atoms with E-state index in [0.717, 1.165) is 29.9 Å². The van der Waals surface area contributed by atoms with Crippen LogP contribution in [0.5, 0.6) is 0 Å². The number of carbonyl (C=O) groups excluding carboxylic acids is 1. The summed E-state index contributed by atoms with van der Waals surface area (Å²) >= 11 is 0. The first-order valence-electron chi connectivity index (χ1n) is 11.2. The molecular formula is C26H28N4O2. The summed E-state index contributed by atoms with van der Waals surface area (Å²) < 4.78 is 5.65. The van der Waals surface area contributed by atoms with E-state index in [1.165, 1.54) is 16.7 Å². The second kappa shape index (κ2) is 8.36. The van der Waals surface area contributed by atoms with E-state index in [4.69, 9.17) is 4.74 Å². The lowest BCUT2D eigenvalue weighted by Crippen LogP contribution is -2.47. The molecule has 6 heteroatoms. The number of benzene rings is 2. The number of carbonyl (C=O) groups is 1. The molecule has 0 atom stereocenters. The van der Waals surface area contributed by atoms with Gasteiger partial charge in [-0.1, -0.05) is 42.0 Å². The first-order chi connectivity index (χ1) is 15.6. The molecule has 2 aliphatic rings. The first-order valence-corrected chi connectivity index (χ1v) is 11.2. The summed E-state index contributed by atoms with van der Waals surface area (Å²) in [5.74, 6) is 0.0220. The van der Waals surface area contributed by atoms with Crippen LogP contribution in [-0.2, 0) is 23.1 Å². The van der Waals surface area contributed by atoms with Gasteiger partial charge in [0.1, 0.15) is 0 Å². The Kier molecular flexibility index (Phi) is 5.39. The molecule has 0 bridgehead atoms. The van der Waals surface area contributed by atoms with Gasteiger partial charge in [0, 0.05) is 25.0 Å². The van der Waals surface area contributed by atoms with Crippen molar-refractivity contribution >= 4 is 11.6 Å². The number of rotatable bonds is 5. The average Bonchev–Trinajstić information content (AvgIpc) is 2.79. The summed E-state index contributed by atoms with van der Waals surface area (Å²) in [6, 6.07) is 17.6. The van der Waals surface area contributed by atoms with Crippen LogP contribution in [0.2, 0.25) is 0 Å². The number of hydrogen-bond donors (Lipinski definition) is 1. The van der Waals surface area contributed by atoms with Gasteiger partial charge in [-0.2, -0.15) is 0 Å². The quantitative estimate of drug-likeness (QED) is 0.675. The van der Waals surface area contributed by atoms with Gasteiger partial charge in [-0.3, -0.25) is 4.79 Å². The standard InChI is InChI=1S/C26H28N4O2/c1-3-27-25(31)24-28-14-19-12-13-30(15-23(19)29-24)22-10-8-21(9-11-22)26(16-32-17-26)20-6-4-18(2)5-7-20/h4-11,14H,3,12-13,15-17H2,1-2H3,(H,27,31). The predicted molar refractivity (Wildman–Crippen MR) is 124 cm³/mol. The second-order valence-electron chi connectivity index (χ2n) is 8.68. The maximum absolute atomic E-state index is 12.1. The molecule has 3 heterocycles. The number of ether oxygens (including phenoxy) is 1. The van der Waals surface area contributed by atoms with Crippen LogP contribution in [0.15, 0.2) is 54.7 Å². The molecular weight excluding hydrogens is 400 g/mol. The molecule has 0 spiro atoms. The lowest BCUT2D eigenvalue weighted by atomic mass is 9.73. The fraction of sp³-hybridized carbons (Fsp3) is 0.346. The van der Waals surface area contributed by atoms with Gasteiger partial charge in [-0.15, -0.1) is 0 Å². The molecule has 6 nitrogen and oxygen atoms in total. The summed E-state index contributed by atoms with van der Waals surface area (Å²) in [6.07, 6.45) is 2.67. The molecule has 2 aromatic carbocycles. The van der Waals surface area contributed by atoms with E-state index in [9.17, 15) is 4.79 Å². The predicted octanol–water partition coefficient (Wildman–Crippen LogP) is 3.41. The van der Waals surface area contributed by atoms with Crippen molar-refractivity contribution in [3.8, 4) is 0 Å². The van der Waals surface area contributed by atoms with Crippen LogP contribution in [-0.4, -0.2) is 42.2 Å². The number of aromatic nitrogens is 2. The van der Waals surface area contributed by atoms with Gasteiger partial charge in [0.15, 0.2) is 0 Å². The van der Waals surface area contributed by atoms with Gasteiger partial charge in [0.25, 0.3) is 5.91 Å². The zero-order valence-electron chi connectivity index (χ0n) is 18.6. The molecule has 5 rings (SSSR count). The highest BCUT2D eigenvalue weighted by Gasteiger charge is 2.42. The van der Waals surface area contributed by atoms with Crippen LogP contribution in [0.25, 0.3) is 0 Å². The molecule has 1 fully saturated rings. The van der Waals surface area contributed by atoms with Gasteiger partial charge in [0.05, 0.1) is 30.9 Å². The van der Waals surface area contributed by atoms with Crippen molar-refractivity contribution in [2.45, 2.75) is 32.2 Å². The molecule has 1 aromatic heterocycles. The fourth-order valence-corrected chi connectivity index (χ4v) is 4.54. The first kappa shape index (κ1) is 20.6. The van der Waals surface area contributed by atoms with Crippen molar-refractivity contribution in [2.24, 2.45) is 0 Å². The second-order valence-corrected chi connectivity index (χ2v) is 8.68. The third-order valence-corrected chi connectivity index (χ3v) is 6.57. The molecule has 0 radical (unpaired) electrons.